The van der Waals surface area contributed by atoms with Crippen LogP contribution in [0.15, 0.2) is 74.9 Å². The van der Waals surface area contributed by atoms with Crippen LogP contribution in [0.1, 0.15) is 0 Å². The van der Waals surface area contributed by atoms with Crippen LogP contribution in [0.4, 0.5) is 5.88 Å². The lowest BCUT2D eigenvalue weighted by Crippen LogP contribution is -2.17. The smallest absolute Gasteiger partial charge is 0.251 e. The number of thioether (sulfide) groups is 1. The van der Waals surface area contributed by atoms with Gasteiger partial charge < -0.3 is 9.09 Å². The molecule has 1 amide bonds. The predicted molar refractivity (Wildman–Crippen MR) is 115 cm³/mol. The summed E-state index contributed by atoms with van der Waals surface area (Å²) in [5, 5.41) is 8.17. The molecule has 0 unspecified atom stereocenters. The molecule has 0 radical (unpaired) electrons. The lowest BCUT2D eigenvalue weighted by Gasteiger charge is -2.09. The highest BCUT2D eigenvalue weighted by Crippen LogP contribution is 2.27. The van der Waals surface area contributed by atoms with Crippen molar-refractivity contribution in [3.05, 3.63) is 76.0 Å². The second-order valence-corrected chi connectivity index (χ2v) is 7.80. The van der Waals surface area contributed by atoms with E-state index in [9.17, 15) is 9.59 Å². The molecule has 0 bridgehead atoms. The maximum absolute atomic E-state index is 12.3. The van der Waals surface area contributed by atoms with E-state index in [0.29, 0.717) is 10.7 Å². The molecule has 0 aliphatic carbocycles. The summed E-state index contributed by atoms with van der Waals surface area (Å²) in [6.45, 7) is 0. The van der Waals surface area contributed by atoms with Gasteiger partial charge in [0.2, 0.25) is 11.8 Å². The minimum absolute atomic E-state index is 0.118. The van der Waals surface area contributed by atoms with E-state index in [2.05, 4.69) is 10.5 Å². The van der Waals surface area contributed by atoms with Crippen molar-refractivity contribution in [1.29, 1.82) is 0 Å². The fourth-order valence-electron chi connectivity index (χ4n) is 2.93. The lowest BCUT2D eigenvalue weighted by atomic mass is 10.1. The number of benzene rings is 2. The number of pyridine rings is 1. The van der Waals surface area contributed by atoms with E-state index in [4.69, 9.17) is 16.1 Å². The number of para-hydroxylation sites is 1. The van der Waals surface area contributed by atoms with E-state index in [-0.39, 0.29) is 23.1 Å². The van der Waals surface area contributed by atoms with E-state index >= 15 is 0 Å². The highest BCUT2D eigenvalue weighted by atomic mass is 35.5. The van der Waals surface area contributed by atoms with Crippen molar-refractivity contribution in [2.45, 2.75) is 4.90 Å². The Kier molecular flexibility index (Phi) is 5.42. The molecule has 2 aromatic heterocycles. The summed E-state index contributed by atoms with van der Waals surface area (Å²) in [6, 6.07) is 18.0. The molecule has 4 aromatic rings. The highest BCUT2D eigenvalue weighted by Gasteiger charge is 2.12. The number of carbonyl (C=O) groups excluding carboxylic acids is 1. The Bertz CT molecular complexity index is 1270. The summed E-state index contributed by atoms with van der Waals surface area (Å²) < 4.78 is 6.79. The van der Waals surface area contributed by atoms with Crippen molar-refractivity contribution in [1.82, 2.24) is 9.72 Å². The third-order valence-electron chi connectivity index (χ3n) is 4.37. The average molecular weight is 426 g/mol. The fourth-order valence-corrected chi connectivity index (χ4v) is 4.00. The van der Waals surface area contributed by atoms with Crippen LogP contribution in [0, 0.1) is 0 Å². The molecule has 0 aliphatic heterocycles. The van der Waals surface area contributed by atoms with Gasteiger partial charge in [0.1, 0.15) is 5.69 Å². The van der Waals surface area contributed by atoms with Gasteiger partial charge in [-0.1, -0.05) is 47.1 Å². The zero-order valence-electron chi connectivity index (χ0n) is 15.4. The summed E-state index contributed by atoms with van der Waals surface area (Å²) in [5.74, 6) is 0.123. The second kappa shape index (κ2) is 8.14. The van der Waals surface area contributed by atoms with E-state index < -0.39 is 0 Å². The first-order valence-electron chi connectivity index (χ1n) is 8.75. The van der Waals surface area contributed by atoms with E-state index in [1.54, 1.807) is 35.9 Å². The van der Waals surface area contributed by atoms with Crippen molar-refractivity contribution in [2.75, 3.05) is 11.1 Å². The molecule has 0 spiro atoms. The second-order valence-electron chi connectivity index (χ2n) is 6.35. The van der Waals surface area contributed by atoms with E-state index in [1.165, 1.54) is 11.8 Å². The SMILES string of the molecule is Cn1c(=O)cc(SCC(=O)Nc2cc(-c3cccc(Cl)c3)no2)c2ccccc21. The van der Waals surface area contributed by atoms with Gasteiger partial charge in [-0.15, -0.1) is 11.8 Å². The Hall–Kier alpha value is -3.03. The van der Waals surface area contributed by atoms with Crippen molar-refractivity contribution in [3.63, 3.8) is 0 Å². The minimum atomic E-state index is -0.256. The zero-order valence-corrected chi connectivity index (χ0v) is 17.0. The first-order valence-corrected chi connectivity index (χ1v) is 10.1. The molecular formula is C21H16ClN3O3S. The van der Waals surface area contributed by atoms with Gasteiger partial charge in [0, 0.05) is 40.0 Å². The Morgan fingerprint density at radius 1 is 1.17 bits per heavy atom. The van der Waals surface area contributed by atoms with Crippen LogP contribution in [0.25, 0.3) is 22.2 Å². The van der Waals surface area contributed by atoms with Gasteiger partial charge in [0.25, 0.3) is 5.56 Å². The van der Waals surface area contributed by atoms with Gasteiger partial charge in [-0.3, -0.25) is 14.9 Å². The van der Waals surface area contributed by atoms with Gasteiger partial charge in [0.05, 0.1) is 11.3 Å². The number of carbonyl (C=O) groups is 1. The molecule has 4 rings (SSSR count). The Balaban J connectivity index is 1.46. The van der Waals surface area contributed by atoms with Crippen molar-refractivity contribution < 1.29 is 9.32 Å². The molecule has 6 nitrogen and oxygen atoms in total. The number of nitrogens with zero attached hydrogens (tertiary/aromatic N) is 2. The summed E-state index contributed by atoms with van der Waals surface area (Å²) >= 11 is 7.29. The zero-order chi connectivity index (χ0) is 20.4. The fraction of sp³-hybridized carbons (Fsp3) is 0.0952. The van der Waals surface area contributed by atoms with E-state index in [0.717, 1.165) is 21.4 Å². The highest BCUT2D eigenvalue weighted by molar-refractivity contribution is 8.00. The summed E-state index contributed by atoms with van der Waals surface area (Å²) in [7, 11) is 1.73. The van der Waals surface area contributed by atoms with Gasteiger partial charge in [-0.25, -0.2) is 0 Å². The van der Waals surface area contributed by atoms with Crippen molar-refractivity contribution >= 4 is 46.1 Å². The molecule has 0 saturated heterocycles. The maximum atomic E-state index is 12.3. The lowest BCUT2D eigenvalue weighted by molar-refractivity contribution is -0.113. The van der Waals surface area contributed by atoms with Gasteiger partial charge in [-0.05, 0) is 18.2 Å². The van der Waals surface area contributed by atoms with Crippen LogP contribution in [0.3, 0.4) is 0 Å². The van der Waals surface area contributed by atoms with Crippen LogP contribution < -0.4 is 10.9 Å². The van der Waals surface area contributed by atoms with Crippen LogP contribution in [0.5, 0.6) is 0 Å². The number of halogens is 1. The van der Waals surface area contributed by atoms with E-state index in [1.807, 2.05) is 36.4 Å². The number of aryl methyl sites for hydroxylation is 1. The van der Waals surface area contributed by atoms with Crippen LogP contribution in [-0.4, -0.2) is 21.4 Å². The normalized spacial score (nSPS) is 11.0. The van der Waals surface area contributed by atoms with Crippen LogP contribution >= 0.6 is 23.4 Å². The quantitative estimate of drug-likeness (QED) is 0.473. The Morgan fingerprint density at radius 3 is 2.83 bits per heavy atom. The van der Waals surface area contributed by atoms with Gasteiger partial charge in [-0.2, -0.15) is 0 Å². The molecule has 2 heterocycles. The number of anilines is 1. The number of amides is 1. The first kappa shape index (κ1) is 19.3. The van der Waals surface area contributed by atoms with Crippen molar-refractivity contribution in [2.24, 2.45) is 7.05 Å². The van der Waals surface area contributed by atoms with Gasteiger partial charge >= 0.3 is 0 Å². The van der Waals surface area contributed by atoms with Crippen LogP contribution in [0.2, 0.25) is 5.02 Å². The largest absolute Gasteiger partial charge is 0.338 e. The molecule has 0 saturated carbocycles. The summed E-state index contributed by atoms with van der Waals surface area (Å²) in [6.07, 6.45) is 0. The molecule has 1 N–H and O–H groups in total. The van der Waals surface area contributed by atoms with Crippen molar-refractivity contribution in [3.8, 4) is 11.3 Å². The molecule has 0 aliphatic rings. The molecule has 8 heteroatoms. The number of fused-ring (bicyclic) bond motifs is 1. The number of aromatic nitrogens is 2. The standard InChI is InChI=1S/C21H16ClN3O3S/c1-25-17-8-3-2-7-15(17)18(11-21(25)27)29-12-19(26)23-20-10-16(24-28-20)13-5-4-6-14(22)9-13/h2-11H,12H2,1H3,(H,23,26). The Morgan fingerprint density at radius 2 is 2.00 bits per heavy atom. The first-order chi connectivity index (χ1) is 14.0. The molecule has 0 fully saturated rings. The predicted octanol–water partition coefficient (Wildman–Crippen LogP) is 4.58. The number of rotatable bonds is 5. The monoisotopic (exact) mass is 425 g/mol. The Labute approximate surface area is 175 Å². The third kappa shape index (κ3) is 4.21. The number of hydrogen-bond acceptors (Lipinski definition) is 5. The number of nitrogens with one attached hydrogen (secondary N) is 1. The molecule has 29 heavy (non-hydrogen) atoms. The van der Waals surface area contributed by atoms with Gasteiger partial charge in [0.15, 0.2) is 0 Å². The third-order valence-corrected chi connectivity index (χ3v) is 5.66. The molecular weight excluding hydrogens is 410 g/mol. The minimum Gasteiger partial charge on any atom is -0.338 e. The average Bonchev–Trinajstić information content (AvgIpc) is 3.18. The topological polar surface area (TPSA) is 77.1 Å². The molecule has 2 aromatic carbocycles. The molecule has 146 valence electrons. The summed E-state index contributed by atoms with van der Waals surface area (Å²) in [5.41, 5.74) is 2.08. The summed E-state index contributed by atoms with van der Waals surface area (Å²) in [4.78, 5) is 25.3. The number of hydrogen-bond donors (Lipinski definition) is 1. The molecule has 0 atom stereocenters. The maximum Gasteiger partial charge on any atom is 0.251 e. The van der Waals surface area contributed by atoms with Crippen LogP contribution in [-0.2, 0) is 11.8 Å².